The summed E-state index contributed by atoms with van der Waals surface area (Å²) in [6.07, 6.45) is 0.547. The third-order valence-electron chi connectivity index (χ3n) is 3.15. The smallest absolute Gasteiger partial charge is 0.325 e. The maximum atomic E-state index is 11.7. The molecule has 116 valence electrons. The molecule has 1 aromatic rings. The van der Waals surface area contributed by atoms with Gasteiger partial charge in [0.15, 0.2) is 11.5 Å². The standard InChI is InChI=1S/C15H21NO4S/c1-3-18-14(17)15(2,16)6-9-21-11-4-5-12-13(10-11)20-8-7-19-12/h4-5,10H,3,6-9,16H2,1-2H3. The van der Waals surface area contributed by atoms with Crippen molar-refractivity contribution in [1.82, 2.24) is 0 Å². The summed E-state index contributed by atoms with van der Waals surface area (Å²) >= 11 is 1.63. The number of nitrogens with two attached hydrogens (primary N) is 1. The Balaban J connectivity index is 1.87. The van der Waals surface area contributed by atoms with Gasteiger partial charge in [0, 0.05) is 10.6 Å². The molecule has 0 radical (unpaired) electrons. The van der Waals surface area contributed by atoms with E-state index in [9.17, 15) is 4.79 Å². The maximum absolute atomic E-state index is 11.7. The summed E-state index contributed by atoms with van der Waals surface area (Å²) in [6.45, 7) is 4.99. The van der Waals surface area contributed by atoms with Crippen LogP contribution in [0.5, 0.6) is 11.5 Å². The normalized spacial score (nSPS) is 16.1. The van der Waals surface area contributed by atoms with Crippen molar-refractivity contribution in [3.8, 4) is 11.5 Å². The molecule has 1 aromatic carbocycles. The minimum Gasteiger partial charge on any atom is -0.486 e. The van der Waals surface area contributed by atoms with Crippen LogP contribution >= 0.6 is 11.8 Å². The zero-order valence-electron chi connectivity index (χ0n) is 12.4. The molecule has 0 spiro atoms. The molecule has 0 fully saturated rings. The maximum Gasteiger partial charge on any atom is 0.325 e. The zero-order valence-corrected chi connectivity index (χ0v) is 13.2. The number of benzene rings is 1. The van der Waals surface area contributed by atoms with E-state index in [2.05, 4.69) is 0 Å². The summed E-state index contributed by atoms with van der Waals surface area (Å²) in [5, 5.41) is 0. The van der Waals surface area contributed by atoms with Crippen LogP contribution in [0.1, 0.15) is 20.3 Å². The van der Waals surface area contributed by atoms with Crippen molar-refractivity contribution in [2.24, 2.45) is 5.73 Å². The van der Waals surface area contributed by atoms with Gasteiger partial charge >= 0.3 is 5.97 Å². The SMILES string of the molecule is CCOC(=O)C(C)(N)CCSc1ccc2c(c1)OCCO2. The van der Waals surface area contributed by atoms with E-state index in [-0.39, 0.29) is 5.97 Å². The van der Waals surface area contributed by atoms with Crippen molar-refractivity contribution < 1.29 is 19.0 Å². The quantitative estimate of drug-likeness (QED) is 0.641. The van der Waals surface area contributed by atoms with E-state index in [4.69, 9.17) is 19.9 Å². The van der Waals surface area contributed by atoms with Crippen LogP contribution in [0.2, 0.25) is 0 Å². The summed E-state index contributed by atoms with van der Waals surface area (Å²) in [7, 11) is 0. The van der Waals surface area contributed by atoms with Crippen LogP contribution < -0.4 is 15.2 Å². The molecule has 0 saturated heterocycles. The molecule has 2 rings (SSSR count). The van der Waals surface area contributed by atoms with Crippen LogP contribution in [0, 0.1) is 0 Å². The highest BCUT2D eigenvalue weighted by atomic mass is 32.2. The van der Waals surface area contributed by atoms with Crippen molar-refractivity contribution in [3.63, 3.8) is 0 Å². The number of carbonyl (C=O) groups excluding carboxylic acids is 1. The van der Waals surface area contributed by atoms with Gasteiger partial charge in [-0.1, -0.05) is 0 Å². The highest BCUT2D eigenvalue weighted by molar-refractivity contribution is 7.99. The number of hydrogen-bond acceptors (Lipinski definition) is 6. The summed E-state index contributed by atoms with van der Waals surface area (Å²) in [5.41, 5.74) is 5.04. The van der Waals surface area contributed by atoms with Gasteiger partial charge in [-0.15, -0.1) is 11.8 Å². The number of ether oxygens (including phenoxy) is 3. The van der Waals surface area contributed by atoms with Crippen LogP contribution in [0.25, 0.3) is 0 Å². The van der Waals surface area contributed by atoms with Crippen LogP contribution in [-0.2, 0) is 9.53 Å². The van der Waals surface area contributed by atoms with E-state index in [0.717, 1.165) is 22.1 Å². The molecule has 5 nitrogen and oxygen atoms in total. The Morgan fingerprint density at radius 1 is 1.38 bits per heavy atom. The second-order valence-electron chi connectivity index (χ2n) is 5.04. The van der Waals surface area contributed by atoms with E-state index in [1.165, 1.54) is 0 Å². The average Bonchev–Trinajstić information content (AvgIpc) is 2.47. The van der Waals surface area contributed by atoms with Gasteiger partial charge in [0.2, 0.25) is 0 Å². The van der Waals surface area contributed by atoms with Crippen molar-refractivity contribution in [3.05, 3.63) is 18.2 Å². The molecule has 1 aliphatic heterocycles. The molecule has 21 heavy (non-hydrogen) atoms. The molecule has 0 amide bonds. The Hall–Kier alpha value is -1.40. The van der Waals surface area contributed by atoms with Crippen LogP contribution in [-0.4, -0.2) is 37.1 Å². The van der Waals surface area contributed by atoms with E-state index in [1.54, 1.807) is 25.6 Å². The number of carbonyl (C=O) groups is 1. The van der Waals surface area contributed by atoms with E-state index < -0.39 is 5.54 Å². The largest absolute Gasteiger partial charge is 0.486 e. The molecule has 1 atom stereocenters. The van der Waals surface area contributed by atoms with Crippen LogP contribution in [0.15, 0.2) is 23.1 Å². The number of hydrogen-bond donors (Lipinski definition) is 1. The Kier molecular flexibility index (Phi) is 5.36. The van der Waals surface area contributed by atoms with E-state index in [0.29, 0.717) is 26.2 Å². The Morgan fingerprint density at radius 2 is 2.10 bits per heavy atom. The van der Waals surface area contributed by atoms with Gasteiger partial charge in [-0.2, -0.15) is 0 Å². The van der Waals surface area contributed by atoms with Crippen molar-refractivity contribution in [2.75, 3.05) is 25.6 Å². The first-order chi connectivity index (χ1) is 10.0. The van der Waals surface area contributed by atoms with Gasteiger partial charge in [-0.3, -0.25) is 4.79 Å². The molecule has 0 aromatic heterocycles. The lowest BCUT2D eigenvalue weighted by Crippen LogP contribution is -2.46. The Morgan fingerprint density at radius 3 is 2.81 bits per heavy atom. The monoisotopic (exact) mass is 311 g/mol. The summed E-state index contributed by atoms with van der Waals surface area (Å²) in [6, 6.07) is 5.84. The van der Waals surface area contributed by atoms with Gasteiger partial charge in [-0.25, -0.2) is 0 Å². The number of esters is 1. The second-order valence-corrected chi connectivity index (χ2v) is 6.21. The summed E-state index contributed by atoms with van der Waals surface area (Å²) in [5.74, 6) is 1.92. The lowest BCUT2D eigenvalue weighted by molar-refractivity contribution is -0.149. The average molecular weight is 311 g/mol. The molecule has 1 aliphatic rings. The summed E-state index contributed by atoms with van der Waals surface area (Å²) < 4.78 is 16.0. The fourth-order valence-electron chi connectivity index (χ4n) is 1.89. The Labute approximate surface area is 129 Å². The van der Waals surface area contributed by atoms with E-state index >= 15 is 0 Å². The zero-order chi connectivity index (χ0) is 15.3. The Bertz CT molecular complexity index is 504. The molecular weight excluding hydrogens is 290 g/mol. The third kappa shape index (κ3) is 4.28. The molecule has 1 unspecified atom stereocenters. The number of fused-ring (bicyclic) bond motifs is 1. The molecule has 1 heterocycles. The molecule has 2 N–H and O–H groups in total. The third-order valence-corrected chi connectivity index (χ3v) is 4.14. The molecule has 0 aliphatic carbocycles. The van der Waals surface area contributed by atoms with Gasteiger partial charge in [-0.05, 0) is 38.5 Å². The second kappa shape index (κ2) is 7.04. The van der Waals surface area contributed by atoms with Crippen molar-refractivity contribution >= 4 is 17.7 Å². The lowest BCUT2D eigenvalue weighted by atomic mass is 10.0. The predicted molar refractivity (Wildman–Crippen MR) is 82.0 cm³/mol. The van der Waals surface area contributed by atoms with Crippen LogP contribution in [0.3, 0.4) is 0 Å². The fraction of sp³-hybridized carbons (Fsp3) is 0.533. The van der Waals surface area contributed by atoms with Gasteiger partial charge in [0.25, 0.3) is 0 Å². The van der Waals surface area contributed by atoms with E-state index in [1.807, 2.05) is 18.2 Å². The number of thioether (sulfide) groups is 1. The molecule has 0 bridgehead atoms. The minimum atomic E-state index is -0.948. The predicted octanol–water partition coefficient (Wildman–Crippen LogP) is 2.22. The number of rotatable bonds is 6. The molecule has 6 heteroatoms. The molecular formula is C15H21NO4S. The van der Waals surface area contributed by atoms with Crippen LogP contribution in [0.4, 0.5) is 0 Å². The van der Waals surface area contributed by atoms with Gasteiger partial charge in [0.05, 0.1) is 6.61 Å². The van der Waals surface area contributed by atoms with Gasteiger partial charge < -0.3 is 19.9 Å². The summed E-state index contributed by atoms with van der Waals surface area (Å²) in [4.78, 5) is 12.8. The highest BCUT2D eigenvalue weighted by Gasteiger charge is 2.29. The lowest BCUT2D eigenvalue weighted by Gasteiger charge is -2.22. The first kappa shape index (κ1) is 16.0. The first-order valence-electron chi connectivity index (χ1n) is 7.01. The topological polar surface area (TPSA) is 70.8 Å². The fourth-order valence-corrected chi connectivity index (χ4v) is 3.01. The highest BCUT2D eigenvalue weighted by Crippen LogP contribution is 2.34. The van der Waals surface area contributed by atoms with Gasteiger partial charge in [0.1, 0.15) is 18.8 Å². The van der Waals surface area contributed by atoms with Crippen molar-refractivity contribution in [1.29, 1.82) is 0 Å². The van der Waals surface area contributed by atoms with Crippen molar-refractivity contribution in [2.45, 2.75) is 30.7 Å². The first-order valence-corrected chi connectivity index (χ1v) is 8.00. The molecule has 0 saturated carbocycles. The minimum absolute atomic E-state index is 0.348.